The van der Waals surface area contributed by atoms with Gasteiger partial charge >= 0.3 is 0 Å². The van der Waals surface area contributed by atoms with Gasteiger partial charge in [-0.3, -0.25) is 0 Å². The van der Waals surface area contributed by atoms with Crippen LogP contribution in [0.2, 0.25) is 5.02 Å². The summed E-state index contributed by atoms with van der Waals surface area (Å²) >= 11 is 5.91. The van der Waals surface area contributed by atoms with E-state index in [4.69, 9.17) is 31.5 Å². The summed E-state index contributed by atoms with van der Waals surface area (Å²) in [5.74, 6) is 0.976. The molecule has 2 aromatic rings. The molecule has 0 radical (unpaired) electrons. The first kappa shape index (κ1) is 18.6. The second-order valence-corrected chi connectivity index (χ2v) is 9.39. The average molecular weight is 410 g/mol. The topological polar surface area (TPSA) is 87.8 Å². The van der Waals surface area contributed by atoms with E-state index in [0.717, 1.165) is 5.56 Å². The van der Waals surface area contributed by atoms with E-state index in [9.17, 15) is 8.42 Å². The Morgan fingerprint density at radius 1 is 1.19 bits per heavy atom. The van der Waals surface area contributed by atoms with Gasteiger partial charge in [0.05, 0.1) is 16.8 Å². The molecule has 144 valence electrons. The van der Waals surface area contributed by atoms with Gasteiger partial charge < -0.3 is 19.9 Å². The van der Waals surface area contributed by atoms with E-state index in [1.165, 1.54) is 12.1 Å². The van der Waals surface area contributed by atoms with E-state index >= 15 is 0 Å². The van der Waals surface area contributed by atoms with Gasteiger partial charge in [0.25, 0.3) is 0 Å². The van der Waals surface area contributed by atoms with Crippen molar-refractivity contribution < 1.29 is 22.6 Å². The number of hydrogen-bond acceptors (Lipinski definition) is 6. The minimum atomic E-state index is -3.63. The van der Waals surface area contributed by atoms with Crippen molar-refractivity contribution in [2.75, 3.05) is 27.1 Å². The fourth-order valence-electron chi connectivity index (χ4n) is 4.07. The largest absolute Gasteiger partial charge is 0.454 e. The van der Waals surface area contributed by atoms with Crippen LogP contribution < -0.4 is 15.2 Å². The molecule has 0 saturated heterocycles. The molecule has 27 heavy (non-hydrogen) atoms. The molecule has 4 rings (SSSR count). The number of methoxy groups -OCH3 is 1. The highest BCUT2D eigenvalue weighted by Gasteiger charge is 2.70. The van der Waals surface area contributed by atoms with Crippen LogP contribution in [-0.2, 0) is 14.6 Å². The summed E-state index contributed by atoms with van der Waals surface area (Å²) in [5, 5.41) is -0.199. The third-order valence-electron chi connectivity index (χ3n) is 5.40. The molecule has 1 aliphatic heterocycles. The number of hydrogen-bond donors (Lipinski definition) is 1. The Labute approximate surface area is 163 Å². The van der Waals surface area contributed by atoms with Crippen LogP contribution >= 0.6 is 11.6 Å². The quantitative estimate of drug-likeness (QED) is 0.789. The highest BCUT2D eigenvalue weighted by molar-refractivity contribution is 7.92. The van der Waals surface area contributed by atoms with Crippen LogP contribution in [0.5, 0.6) is 11.5 Å². The Hall–Kier alpha value is -1.80. The van der Waals surface area contributed by atoms with Crippen LogP contribution in [-0.4, -0.2) is 40.7 Å². The van der Waals surface area contributed by atoms with Gasteiger partial charge in [-0.1, -0.05) is 17.7 Å². The van der Waals surface area contributed by atoms with Crippen molar-refractivity contribution in [2.24, 2.45) is 11.1 Å². The van der Waals surface area contributed by atoms with Gasteiger partial charge in [0.2, 0.25) is 6.79 Å². The number of fused-ring (bicyclic) bond motifs is 1. The summed E-state index contributed by atoms with van der Waals surface area (Å²) in [7, 11) is -2.07. The average Bonchev–Trinajstić information content (AvgIpc) is 3.10. The highest BCUT2D eigenvalue weighted by Crippen LogP contribution is 2.64. The number of benzene rings is 2. The van der Waals surface area contributed by atoms with Crippen molar-refractivity contribution in [3.05, 3.63) is 53.1 Å². The Kier molecular flexibility index (Phi) is 4.58. The molecular formula is C19H20ClNO5S. The van der Waals surface area contributed by atoms with Gasteiger partial charge in [-0.2, -0.15) is 0 Å². The zero-order valence-electron chi connectivity index (χ0n) is 14.7. The zero-order valence-corrected chi connectivity index (χ0v) is 16.3. The van der Waals surface area contributed by atoms with Crippen LogP contribution in [0, 0.1) is 5.41 Å². The first-order chi connectivity index (χ1) is 12.9. The highest BCUT2D eigenvalue weighted by atomic mass is 35.5. The summed E-state index contributed by atoms with van der Waals surface area (Å²) in [5.41, 5.74) is 6.22. The minimum absolute atomic E-state index is 0.163. The molecule has 8 heteroatoms. The van der Waals surface area contributed by atoms with E-state index in [-0.39, 0.29) is 30.8 Å². The molecule has 0 amide bonds. The predicted molar refractivity (Wildman–Crippen MR) is 101 cm³/mol. The van der Waals surface area contributed by atoms with Crippen molar-refractivity contribution >= 4 is 21.4 Å². The van der Waals surface area contributed by atoms with Crippen molar-refractivity contribution in [2.45, 2.75) is 16.1 Å². The molecule has 1 heterocycles. The second-order valence-electron chi connectivity index (χ2n) is 6.88. The second kappa shape index (κ2) is 6.67. The third-order valence-corrected chi connectivity index (χ3v) is 8.00. The Bertz CT molecular complexity index is 963. The maximum absolute atomic E-state index is 13.4. The van der Waals surface area contributed by atoms with Gasteiger partial charge in [0, 0.05) is 30.0 Å². The van der Waals surface area contributed by atoms with E-state index < -0.39 is 20.5 Å². The number of rotatable bonds is 6. The summed E-state index contributed by atoms with van der Waals surface area (Å²) < 4.78 is 42.9. The fraction of sp³-hybridized carbons (Fsp3) is 0.368. The molecule has 2 aliphatic rings. The number of halogens is 1. The fourth-order valence-corrected chi connectivity index (χ4v) is 6.64. The van der Waals surface area contributed by atoms with E-state index in [0.29, 0.717) is 16.5 Å². The van der Waals surface area contributed by atoms with Gasteiger partial charge in [-0.05, 0) is 42.0 Å². The van der Waals surface area contributed by atoms with Crippen molar-refractivity contribution in [3.8, 4) is 11.5 Å². The molecule has 6 nitrogen and oxygen atoms in total. The summed E-state index contributed by atoms with van der Waals surface area (Å²) in [6, 6.07) is 11.7. The zero-order chi connectivity index (χ0) is 19.2. The smallest absolute Gasteiger partial charge is 0.231 e. The molecule has 1 aliphatic carbocycles. The Morgan fingerprint density at radius 2 is 1.89 bits per heavy atom. The van der Waals surface area contributed by atoms with Crippen LogP contribution in [0.15, 0.2) is 47.4 Å². The molecule has 2 N–H and O–H groups in total. The van der Waals surface area contributed by atoms with E-state index in [2.05, 4.69) is 0 Å². The molecule has 1 fully saturated rings. The van der Waals surface area contributed by atoms with Crippen LogP contribution in [0.1, 0.15) is 11.5 Å². The van der Waals surface area contributed by atoms with Crippen molar-refractivity contribution in [3.63, 3.8) is 0 Å². The maximum atomic E-state index is 13.4. The summed E-state index contributed by atoms with van der Waals surface area (Å²) in [4.78, 5) is 0.231. The van der Waals surface area contributed by atoms with Gasteiger partial charge in [0.15, 0.2) is 21.3 Å². The molecule has 0 unspecified atom stereocenters. The van der Waals surface area contributed by atoms with Crippen LogP contribution in [0.25, 0.3) is 0 Å². The van der Waals surface area contributed by atoms with Gasteiger partial charge in [0.1, 0.15) is 0 Å². The number of sulfone groups is 1. The van der Waals surface area contributed by atoms with Crippen LogP contribution in [0.3, 0.4) is 0 Å². The molecule has 3 atom stereocenters. The molecular weight excluding hydrogens is 390 g/mol. The summed E-state index contributed by atoms with van der Waals surface area (Å²) in [6.45, 7) is 0.605. The monoisotopic (exact) mass is 409 g/mol. The van der Waals surface area contributed by atoms with Crippen molar-refractivity contribution in [1.82, 2.24) is 0 Å². The first-order valence-corrected chi connectivity index (χ1v) is 10.4. The predicted octanol–water partition coefficient (Wildman–Crippen LogP) is 2.60. The lowest BCUT2D eigenvalue weighted by molar-refractivity contribution is 0.142. The Balaban J connectivity index is 1.76. The third kappa shape index (κ3) is 2.89. The molecule has 0 bridgehead atoms. The minimum Gasteiger partial charge on any atom is -0.454 e. The SMILES string of the molecule is COC[C@@]1(CN)[C@@H](c2ccc3c(c2)OCO3)[C@@H]1S(=O)(=O)c1ccc(Cl)cc1. The van der Waals surface area contributed by atoms with Crippen LogP contribution in [0.4, 0.5) is 0 Å². The number of nitrogens with two attached hydrogens (primary N) is 1. The van der Waals surface area contributed by atoms with Crippen molar-refractivity contribution in [1.29, 1.82) is 0 Å². The first-order valence-electron chi connectivity index (χ1n) is 8.52. The van der Waals surface area contributed by atoms with E-state index in [1.807, 2.05) is 12.1 Å². The molecule has 2 aromatic carbocycles. The van der Waals surface area contributed by atoms with Gasteiger partial charge in [-0.15, -0.1) is 0 Å². The molecule has 0 spiro atoms. The lowest BCUT2D eigenvalue weighted by Gasteiger charge is -2.15. The lowest BCUT2D eigenvalue weighted by atomic mass is 9.99. The summed E-state index contributed by atoms with van der Waals surface area (Å²) in [6.07, 6.45) is 0. The standard InChI is InChI=1S/C19H20ClNO5S/c1-24-10-19(9-21)17(12-2-7-15-16(8-12)26-11-25-15)18(19)27(22,23)14-5-3-13(20)4-6-14/h2-8,17-18H,9-11,21H2,1H3/t17-,18-,19-/m0/s1. The van der Waals surface area contributed by atoms with E-state index in [1.54, 1.807) is 25.3 Å². The molecule has 0 aromatic heterocycles. The number of ether oxygens (including phenoxy) is 3. The normalized spacial score (nSPS) is 26.2. The molecule has 1 saturated carbocycles. The van der Waals surface area contributed by atoms with Gasteiger partial charge in [-0.25, -0.2) is 8.42 Å². The maximum Gasteiger partial charge on any atom is 0.231 e. The lowest BCUT2D eigenvalue weighted by Crippen LogP contribution is -2.28. The Morgan fingerprint density at radius 3 is 2.56 bits per heavy atom.